The van der Waals surface area contributed by atoms with E-state index < -0.39 is 23.4 Å². The molecule has 0 radical (unpaired) electrons. The maximum atomic E-state index is 13.0. The van der Waals surface area contributed by atoms with Gasteiger partial charge in [-0.2, -0.15) is 13.2 Å². The van der Waals surface area contributed by atoms with Crippen molar-refractivity contribution in [2.24, 2.45) is 0 Å². The number of amides is 1. The standard InChI is InChI=1S/C20H29F3N2O2/c1-19(2,3)27-18(26)24-16-10-9-14(12-17(16)25(4)5)13-7-6-8-15(11-13)20(21,22)23/h6-8,11,14,16-17H,9-10,12H2,1-5H3,(H,24,26)/t14-,16?,17-/m0/s1. The highest BCUT2D eigenvalue weighted by Crippen LogP contribution is 2.37. The highest BCUT2D eigenvalue weighted by Gasteiger charge is 2.36. The molecule has 1 unspecified atom stereocenters. The van der Waals surface area contributed by atoms with E-state index in [1.54, 1.807) is 26.8 Å². The minimum Gasteiger partial charge on any atom is -0.444 e. The summed E-state index contributed by atoms with van der Waals surface area (Å²) in [6.07, 6.45) is -2.73. The molecule has 27 heavy (non-hydrogen) atoms. The molecule has 1 aromatic rings. The Morgan fingerprint density at radius 1 is 1.19 bits per heavy atom. The first-order valence-corrected chi connectivity index (χ1v) is 9.20. The summed E-state index contributed by atoms with van der Waals surface area (Å²) >= 11 is 0. The summed E-state index contributed by atoms with van der Waals surface area (Å²) in [6.45, 7) is 5.42. The number of hydrogen-bond donors (Lipinski definition) is 1. The molecule has 4 nitrogen and oxygen atoms in total. The van der Waals surface area contributed by atoms with Gasteiger partial charge in [-0.05, 0) is 71.7 Å². The maximum absolute atomic E-state index is 13.0. The van der Waals surface area contributed by atoms with Crippen molar-refractivity contribution < 1.29 is 22.7 Å². The molecule has 1 fully saturated rings. The zero-order valence-electron chi connectivity index (χ0n) is 16.6. The van der Waals surface area contributed by atoms with Gasteiger partial charge in [0, 0.05) is 12.1 Å². The number of nitrogens with one attached hydrogen (secondary N) is 1. The molecule has 0 bridgehead atoms. The molecule has 152 valence electrons. The van der Waals surface area contributed by atoms with Crippen LogP contribution in [-0.2, 0) is 10.9 Å². The van der Waals surface area contributed by atoms with Crippen molar-refractivity contribution in [3.8, 4) is 0 Å². The highest BCUT2D eigenvalue weighted by molar-refractivity contribution is 5.68. The van der Waals surface area contributed by atoms with Crippen LogP contribution in [0.4, 0.5) is 18.0 Å². The Kier molecular flexibility index (Phi) is 6.45. The van der Waals surface area contributed by atoms with E-state index in [9.17, 15) is 18.0 Å². The van der Waals surface area contributed by atoms with Gasteiger partial charge in [0.2, 0.25) is 0 Å². The molecule has 2 rings (SSSR count). The van der Waals surface area contributed by atoms with E-state index >= 15 is 0 Å². The molecular formula is C20H29F3N2O2. The second-order valence-electron chi connectivity index (χ2n) is 8.42. The number of likely N-dealkylation sites (N-methyl/N-ethyl adjacent to an activating group) is 1. The summed E-state index contributed by atoms with van der Waals surface area (Å²) < 4.78 is 44.4. The number of ether oxygens (including phenoxy) is 1. The lowest BCUT2D eigenvalue weighted by Gasteiger charge is -2.40. The first kappa shape index (κ1) is 21.5. The monoisotopic (exact) mass is 386 g/mol. The van der Waals surface area contributed by atoms with E-state index in [0.717, 1.165) is 6.07 Å². The smallest absolute Gasteiger partial charge is 0.416 e. The van der Waals surface area contributed by atoms with Crippen LogP contribution in [0.3, 0.4) is 0 Å². The topological polar surface area (TPSA) is 41.6 Å². The predicted octanol–water partition coefficient (Wildman–Crippen LogP) is 4.80. The second kappa shape index (κ2) is 8.09. The number of alkyl halides is 3. The van der Waals surface area contributed by atoms with E-state index in [0.29, 0.717) is 24.8 Å². The Balaban J connectivity index is 2.11. The van der Waals surface area contributed by atoms with Crippen molar-refractivity contribution in [2.75, 3.05) is 14.1 Å². The lowest BCUT2D eigenvalue weighted by atomic mass is 9.78. The van der Waals surface area contributed by atoms with Gasteiger partial charge >= 0.3 is 12.3 Å². The zero-order valence-corrected chi connectivity index (χ0v) is 16.6. The molecule has 0 saturated heterocycles. The summed E-state index contributed by atoms with van der Waals surface area (Å²) in [4.78, 5) is 14.1. The fourth-order valence-electron chi connectivity index (χ4n) is 3.62. The van der Waals surface area contributed by atoms with Crippen LogP contribution in [0.25, 0.3) is 0 Å². The van der Waals surface area contributed by atoms with Gasteiger partial charge < -0.3 is 15.0 Å². The molecule has 1 aliphatic rings. The van der Waals surface area contributed by atoms with Crippen molar-refractivity contribution in [2.45, 2.75) is 69.8 Å². The Labute approximate surface area is 159 Å². The van der Waals surface area contributed by atoms with Gasteiger partial charge in [-0.3, -0.25) is 0 Å². The molecule has 0 aromatic heterocycles. The molecule has 0 aliphatic heterocycles. The number of rotatable bonds is 3. The Morgan fingerprint density at radius 3 is 2.41 bits per heavy atom. The predicted molar refractivity (Wildman–Crippen MR) is 98.7 cm³/mol. The Bertz CT molecular complexity index is 653. The molecular weight excluding hydrogens is 357 g/mol. The van der Waals surface area contributed by atoms with E-state index in [-0.39, 0.29) is 18.0 Å². The quantitative estimate of drug-likeness (QED) is 0.812. The van der Waals surface area contributed by atoms with Gasteiger partial charge in [-0.15, -0.1) is 0 Å². The van der Waals surface area contributed by atoms with Crippen LogP contribution >= 0.6 is 0 Å². The number of alkyl carbamates (subject to hydrolysis) is 1. The van der Waals surface area contributed by atoms with Crippen molar-refractivity contribution in [3.05, 3.63) is 35.4 Å². The molecule has 3 atom stereocenters. The van der Waals surface area contributed by atoms with Gasteiger partial charge in [-0.1, -0.05) is 18.2 Å². The zero-order chi connectivity index (χ0) is 20.4. The van der Waals surface area contributed by atoms with E-state index in [1.807, 2.05) is 19.0 Å². The minimum atomic E-state index is -4.34. The van der Waals surface area contributed by atoms with Crippen LogP contribution in [0.5, 0.6) is 0 Å². The van der Waals surface area contributed by atoms with Gasteiger partial charge in [0.05, 0.1) is 5.56 Å². The van der Waals surface area contributed by atoms with Crippen molar-refractivity contribution >= 4 is 6.09 Å². The number of carbonyl (C=O) groups excluding carboxylic acids is 1. The molecule has 1 amide bonds. The Morgan fingerprint density at radius 2 is 1.85 bits per heavy atom. The Hall–Kier alpha value is -1.76. The second-order valence-corrected chi connectivity index (χ2v) is 8.42. The molecule has 7 heteroatoms. The number of carbonyl (C=O) groups is 1. The number of nitrogens with zero attached hydrogens (tertiary/aromatic N) is 1. The van der Waals surface area contributed by atoms with Crippen molar-refractivity contribution in [1.29, 1.82) is 0 Å². The normalized spacial score (nSPS) is 24.0. The summed E-state index contributed by atoms with van der Waals surface area (Å²) in [5, 5.41) is 2.93. The van der Waals surface area contributed by atoms with Crippen LogP contribution < -0.4 is 5.32 Å². The van der Waals surface area contributed by atoms with E-state index in [4.69, 9.17) is 4.74 Å². The third-order valence-electron chi connectivity index (χ3n) is 4.87. The fourth-order valence-corrected chi connectivity index (χ4v) is 3.62. The lowest BCUT2D eigenvalue weighted by molar-refractivity contribution is -0.137. The first-order chi connectivity index (χ1) is 12.4. The summed E-state index contributed by atoms with van der Waals surface area (Å²) in [5.74, 6) is 0.0244. The van der Waals surface area contributed by atoms with E-state index in [2.05, 4.69) is 5.32 Å². The average Bonchev–Trinajstić information content (AvgIpc) is 2.52. The van der Waals surface area contributed by atoms with Crippen LogP contribution in [0.2, 0.25) is 0 Å². The van der Waals surface area contributed by atoms with Gasteiger partial charge in [0.1, 0.15) is 5.60 Å². The van der Waals surface area contributed by atoms with Gasteiger partial charge in [-0.25, -0.2) is 4.79 Å². The largest absolute Gasteiger partial charge is 0.444 e. The molecule has 1 saturated carbocycles. The van der Waals surface area contributed by atoms with Crippen molar-refractivity contribution in [3.63, 3.8) is 0 Å². The third kappa shape index (κ3) is 6.13. The SMILES string of the molecule is CN(C)[C@H]1C[C@@H](c2cccc(C(F)(F)F)c2)CCC1NC(=O)OC(C)(C)C. The van der Waals surface area contributed by atoms with Crippen LogP contribution in [-0.4, -0.2) is 42.8 Å². The lowest BCUT2D eigenvalue weighted by Crippen LogP contribution is -2.53. The van der Waals surface area contributed by atoms with Gasteiger partial charge in [0.25, 0.3) is 0 Å². The van der Waals surface area contributed by atoms with Gasteiger partial charge in [0.15, 0.2) is 0 Å². The summed E-state index contributed by atoms with van der Waals surface area (Å²) in [6, 6.07) is 5.49. The molecule has 0 spiro atoms. The average molecular weight is 386 g/mol. The van der Waals surface area contributed by atoms with Crippen LogP contribution in [0, 0.1) is 0 Å². The maximum Gasteiger partial charge on any atom is 0.416 e. The molecule has 1 aromatic carbocycles. The number of benzene rings is 1. The molecule has 0 heterocycles. The number of hydrogen-bond acceptors (Lipinski definition) is 3. The molecule has 1 aliphatic carbocycles. The third-order valence-corrected chi connectivity index (χ3v) is 4.87. The number of halogens is 3. The highest BCUT2D eigenvalue weighted by atomic mass is 19.4. The van der Waals surface area contributed by atoms with Crippen LogP contribution in [0.1, 0.15) is 57.1 Å². The van der Waals surface area contributed by atoms with Crippen molar-refractivity contribution in [1.82, 2.24) is 10.2 Å². The summed E-state index contributed by atoms with van der Waals surface area (Å²) in [5.41, 5.74) is -0.491. The van der Waals surface area contributed by atoms with Crippen LogP contribution in [0.15, 0.2) is 24.3 Å². The fraction of sp³-hybridized carbons (Fsp3) is 0.650. The minimum absolute atomic E-state index is 0.0193. The molecule has 1 N–H and O–H groups in total. The summed E-state index contributed by atoms with van der Waals surface area (Å²) in [7, 11) is 3.84. The first-order valence-electron chi connectivity index (χ1n) is 9.20. The van der Waals surface area contributed by atoms with E-state index in [1.165, 1.54) is 12.1 Å².